The molecule has 6 nitrogen and oxygen atoms in total. The number of fused-ring (bicyclic) bond motifs is 1. The van der Waals surface area contributed by atoms with Crippen molar-refractivity contribution in [3.63, 3.8) is 0 Å². The molecular formula is C16H15F3N4O2S. The Kier molecular flexibility index (Phi) is 4.77. The minimum atomic E-state index is -4.49. The fourth-order valence-corrected chi connectivity index (χ4v) is 3.95. The zero-order valence-corrected chi connectivity index (χ0v) is 14.3. The van der Waals surface area contributed by atoms with Gasteiger partial charge in [0.25, 0.3) is 0 Å². The molecule has 2 heterocycles. The predicted octanol–water partition coefficient (Wildman–Crippen LogP) is 2.31. The highest BCUT2D eigenvalue weighted by Gasteiger charge is 2.35. The Balaban J connectivity index is 1.65. The molecule has 0 saturated carbocycles. The van der Waals surface area contributed by atoms with Crippen molar-refractivity contribution in [1.29, 1.82) is 5.26 Å². The highest BCUT2D eigenvalue weighted by molar-refractivity contribution is 7.89. The van der Waals surface area contributed by atoms with Crippen molar-refractivity contribution in [3.8, 4) is 6.07 Å². The molecule has 3 rings (SSSR count). The van der Waals surface area contributed by atoms with Crippen molar-refractivity contribution in [3.05, 3.63) is 47.5 Å². The lowest BCUT2D eigenvalue weighted by molar-refractivity contribution is -0.141. The number of nitrogens with zero attached hydrogens (tertiary/aromatic N) is 3. The minimum Gasteiger partial charge on any atom is -0.334 e. The van der Waals surface area contributed by atoms with Crippen LogP contribution in [0.25, 0.3) is 0 Å². The predicted molar refractivity (Wildman–Crippen MR) is 85.4 cm³/mol. The number of halogens is 3. The number of sulfonamides is 1. The van der Waals surface area contributed by atoms with Crippen LogP contribution in [0.3, 0.4) is 0 Å². The van der Waals surface area contributed by atoms with Gasteiger partial charge in [0.05, 0.1) is 16.5 Å². The fraction of sp³-hybridized carbons (Fsp3) is 0.375. The third-order valence-electron chi connectivity index (χ3n) is 4.24. The molecule has 0 aliphatic carbocycles. The third kappa shape index (κ3) is 3.89. The van der Waals surface area contributed by atoms with Gasteiger partial charge in [0.15, 0.2) is 5.69 Å². The van der Waals surface area contributed by atoms with Gasteiger partial charge in [-0.2, -0.15) is 18.4 Å². The van der Waals surface area contributed by atoms with Gasteiger partial charge in [-0.15, -0.1) is 0 Å². The molecule has 1 atom stereocenters. The van der Waals surface area contributed by atoms with Gasteiger partial charge in [0.1, 0.15) is 5.82 Å². The second-order valence-corrected chi connectivity index (χ2v) is 7.85. The summed E-state index contributed by atoms with van der Waals surface area (Å²) in [7, 11) is -3.74. The van der Waals surface area contributed by atoms with Gasteiger partial charge >= 0.3 is 6.18 Å². The number of nitrogens with one attached hydrogen (secondary N) is 1. The second kappa shape index (κ2) is 6.74. The summed E-state index contributed by atoms with van der Waals surface area (Å²) in [5.74, 6) is 0.231. The molecule has 0 saturated heterocycles. The first-order valence-corrected chi connectivity index (χ1v) is 9.30. The highest BCUT2D eigenvalue weighted by Crippen LogP contribution is 2.30. The monoisotopic (exact) mass is 384 g/mol. The summed E-state index contributed by atoms with van der Waals surface area (Å²) in [6.07, 6.45) is -2.61. The molecule has 1 aliphatic heterocycles. The highest BCUT2D eigenvalue weighted by atomic mass is 32.2. The minimum absolute atomic E-state index is 0.0370. The summed E-state index contributed by atoms with van der Waals surface area (Å²) < 4.78 is 66.7. The average molecular weight is 384 g/mol. The Morgan fingerprint density at radius 1 is 1.31 bits per heavy atom. The first kappa shape index (κ1) is 18.4. The molecule has 0 bridgehead atoms. The fourth-order valence-electron chi connectivity index (χ4n) is 2.84. The van der Waals surface area contributed by atoms with Crippen molar-refractivity contribution in [1.82, 2.24) is 14.3 Å². The number of imidazole rings is 1. The number of aromatic nitrogens is 2. The SMILES string of the molecule is N#Cc1ccc(S(=O)(=O)NC[C@H]2CCc3nc(C(F)(F)F)cn3C2)cc1. The van der Waals surface area contributed by atoms with E-state index < -0.39 is 21.9 Å². The molecule has 1 aliphatic rings. The average Bonchev–Trinajstić information content (AvgIpc) is 3.04. The quantitative estimate of drug-likeness (QED) is 0.876. The Hall–Kier alpha value is -2.38. The molecule has 0 spiro atoms. The second-order valence-electron chi connectivity index (χ2n) is 6.09. The Bertz CT molecular complexity index is 943. The number of hydrogen-bond acceptors (Lipinski definition) is 4. The van der Waals surface area contributed by atoms with Gasteiger partial charge in [0.2, 0.25) is 10.0 Å². The first-order chi connectivity index (χ1) is 12.2. The smallest absolute Gasteiger partial charge is 0.334 e. The molecule has 138 valence electrons. The van der Waals surface area contributed by atoms with Crippen LogP contribution in [0.5, 0.6) is 0 Å². The molecule has 0 fully saturated rings. The van der Waals surface area contributed by atoms with Crippen molar-refractivity contribution in [2.24, 2.45) is 5.92 Å². The van der Waals surface area contributed by atoms with Crippen molar-refractivity contribution in [2.75, 3.05) is 6.54 Å². The van der Waals surface area contributed by atoms with Gasteiger partial charge < -0.3 is 4.57 Å². The lowest BCUT2D eigenvalue weighted by atomic mass is 10.00. The lowest BCUT2D eigenvalue weighted by Crippen LogP contribution is -2.33. The molecular weight excluding hydrogens is 369 g/mol. The summed E-state index contributed by atoms with van der Waals surface area (Å²) in [6, 6.07) is 7.40. The molecule has 0 unspecified atom stereocenters. The van der Waals surface area contributed by atoms with Crippen LogP contribution in [0, 0.1) is 17.2 Å². The van der Waals surface area contributed by atoms with Gasteiger partial charge in [-0.25, -0.2) is 18.1 Å². The van der Waals surface area contributed by atoms with Gasteiger partial charge in [0, 0.05) is 25.7 Å². The summed E-state index contributed by atoms with van der Waals surface area (Å²) in [6.45, 7) is 0.385. The van der Waals surface area contributed by atoms with Crippen LogP contribution >= 0.6 is 0 Å². The zero-order chi connectivity index (χ0) is 18.9. The van der Waals surface area contributed by atoms with Crippen LogP contribution in [0.4, 0.5) is 13.2 Å². The maximum absolute atomic E-state index is 12.7. The normalized spacial score (nSPS) is 17.5. The van der Waals surface area contributed by atoms with Gasteiger partial charge in [-0.3, -0.25) is 0 Å². The molecule has 2 aromatic rings. The summed E-state index contributed by atoms with van der Waals surface area (Å²) >= 11 is 0. The van der Waals surface area contributed by atoms with Crippen molar-refractivity contribution >= 4 is 10.0 Å². The van der Waals surface area contributed by atoms with E-state index >= 15 is 0 Å². The van der Waals surface area contributed by atoms with E-state index in [1.165, 1.54) is 28.8 Å². The maximum Gasteiger partial charge on any atom is 0.434 e. The molecule has 0 radical (unpaired) electrons. The van der Waals surface area contributed by atoms with E-state index in [0.717, 1.165) is 6.20 Å². The summed E-state index contributed by atoms with van der Waals surface area (Å²) in [4.78, 5) is 3.64. The first-order valence-electron chi connectivity index (χ1n) is 7.82. The summed E-state index contributed by atoms with van der Waals surface area (Å²) in [5, 5.41) is 8.74. The number of benzene rings is 1. The third-order valence-corrected chi connectivity index (χ3v) is 5.68. The number of rotatable bonds is 4. The van der Waals surface area contributed by atoms with E-state index in [1.807, 2.05) is 6.07 Å². The molecule has 1 aromatic carbocycles. The Labute approximate surface area is 148 Å². The van der Waals surface area contributed by atoms with Gasteiger partial charge in [-0.1, -0.05) is 0 Å². The summed E-state index contributed by atoms with van der Waals surface area (Å²) in [5.41, 5.74) is -0.573. The Morgan fingerprint density at radius 3 is 2.62 bits per heavy atom. The molecule has 1 N–H and O–H groups in total. The van der Waals surface area contributed by atoms with Crippen LogP contribution in [0.15, 0.2) is 35.4 Å². The van der Waals surface area contributed by atoms with E-state index in [0.29, 0.717) is 24.2 Å². The number of alkyl halides is 3. The van der Waals surface area contributed by atoms with E-state index in [4.69, 9.17) is 5.26 Å². The molecule has 26 heavy (non-hydrogen) atoms. The van der Waals surface area contributed by atoms with Crippen LogP contribution in [-0.4, -0.2) is 24.5 Å². The lowest BCUT2D eigenvalue weighted by Gasteiger charge is -2.23. The largest absolute Gasteiger partial charge is 0.434 e. The standard InChI is InChI=1S/C16H15F3N4O2S/c17-16(18,19)14-10-23-9-12(3-6-15(23)22-14)8-21-26(24,25)13-4-1-11(7-20)2-5-13/h1-2,4-5,10,12,21H,3,6,8-9H2/t12-/m1/s1. The van der Waals surface area contributed by atoms with Crippen molar-refractivity contribution < 1.29 is 21.6 Å². The van der Waals surface area contributed by atoms with E-state index in [9.17, 15) is 21.6 Å². The van der Waals surface area contributed by atoms with Crippen LogP contribution in [0.2, 0.25) is 0 Å². The number of nitriles is 1. The zero-order valence-electron chi connectivity index (χ0n) is 13.5. The topological polar surface area (TPSA) is 87.8 Å². The van der Waals surface area contributed by atoms with Crippen LogP contribution in [-0.2, 0) is 29.2 Å². The van der Waals surface area contributed by atoms with E-state index in [-0.39, 0.29) is 23.9 Å². The number of aryl methyl sites for hydroxylation is 1. The van der Waals surface area contributed by atoms with Crippen LogP contribution in [0.1, 0.15) is 23.5 Å². The van der Waals surface area contributed by atoms with E-state index in [2.05, 4.69) is 9.71 Å². The van der Waals surface area contributed by atoms with Crippen LogP contribution < -0.4 is 4.72 Å². The molecule has 10 heteroatoms. The number of hydrogen-bond donors (Lipinski definition) is 1. The van der Waals surface area contributed by atoms with E-state index in [1.54, 1.807) is 0 Å². The van der Waals surface area contributed by atoms with Crippen molar-refractivity contribution in [2.45, 2.75) is 30.5 Å². The Morgan fingerprint density at radius 2 is 2.00 bits per heavy atom. The molecule has 0 amide bonds. The maximum atomic E-state index is 12.7. The molecule has 1 aromatic heterocycles. The van der Waals surface area contributed by atoms with Gasteiger partial charge in [-0.05, 0) is 36.6 Å².